The Kier molecular flexibility index (Phi) is 15.9. The summed E-state index contributed by atoms with van der Waals surface area (Å²) in [6.07, 6.45) is 3.25. The normalized spacial score (nSPS) is 15.1. The van der Waals surface area contributed by atoms with Gasteiger partial charge in [-0.25, -0.2) is 0 Å². The Morgan fingerprint density at radius 3 is 2.07 bits per heavy atom. The highest BCUT2D eigenvalue weighted by Gasteiger charge is 2.32. The smallest absolute Gasteiger partial charge is 0.251 e. The second-order valence-corrected chi connectivity index (χ2v) is 14.4. The molecule has 60 heavy (non-hydrogen) atoms. The summed E-state index contributed by atoms with van der Waals surface area (Å²) in [6.45, 7) is 3.07. The Labute approximate surface area is 349 Å². The van der Waals surface area contributed by atoms with Crippen molar-refractivity contribution in [2.24, 2.45) is 11.5 Å². The molecule has 0 radical (unpaired) electrons. The number of hydrogen-bond acceptors (Lipinski definition) is 10. The molecule has 1 aliphatic heterocycles. The minimum atomic E-state index is -1.31. The molecular formula is C45H53N7O8. The molecule has 4 aromatic rings. The number of aryl methyl sites for hydroxylation is 1. The molecule has 8 N–H and O–H groups in total. The van der Waals surface area contributed by atoms with Gasteiger partial charge in [-0.1, -0.05) is 61.9 Å². The molecule has 316 valence electrons. The van der Waals surface area contributed by atoms with Crippen LogP contribution < -0.4 is 42.2 Å². The highest BCUT2D eigenvalue weighted by molar-refractivity contribution is 6.00. The maximum absolute atomic E-state index is 14.1. The molecule has 1 aliphatic rings. The van der Waals surface area contributed by atoms with Crippen LogP contribution in [0.3, 0.4) is 0 Å². The van der Waals surface area contributed by atoms with Crippen molar-refractivity contribution in [1.82, 2.24) is 26.2 Å². The number of nitrogens with one attached hydrogen (secondary N) is 4. The predicted octanol–water partition coefficient (Wildman–Crippen LogP) is 2.79. The van der Waals surface area contributed by atoms with E-state index in [1.807, 2.05) is 12.1 Å². The maximum Gasteiger partial charge on any atom is 0.251 e. The Bertz CT molecular complexity index is 2180. The number of amides is 6. The van der Waals surface area contributed by atoms with E-state index in [0.717, 1.165) is 30.4 Å². The molecule has 0 spiro atoms. The molecule has 2 unspecified atom stereocenters. The number of carbonyl (C=O) groups is 6. The zero-order valence-corrected chi connectivity index (χ0v) is 34.2. The predicted molar refractivity (Wildman–Crippen MR) is 227 cm³/mol. The molecule has 4 aromatic carbocycles. The summed E-state index contributed by atoms with van der Waals surface area (Å²) in [5.41, 5.74) is 17.1. The largest absolute Gasteiger partial charge is 0.492 e. The van der Waals surface area contributed by atoms with Crippen molar-refractivity contribution in [3.8, 4) is 33.8 Å². The highest BCUT2D eigenvalue weighted by Crippen LogP contribution is 2.40. The number of fused-ring (bicyclic) bond motifs is 5. The van der Waals surface area contributed by atoms with E-state index in [0.29, 0.717) is 39.3 Å². The van der Waals surface area contributed by atoms with E-state index < -0.39 is 60.6 Å². The van der Waals surface area contributed by atoms with Gasteiger partial charge in [0.25, 0.3) is 5.91 Å². The van der Waals surface area contributed by atoms with Gasteiger partial charge in [-0.3, -0.25) is 34.1 Å². The summed E-state index contributed by atoms with van der Waals surface area (Å²) in [5, 5.41) is 10.1. The lowest BCUT2D eigenvalue weighted by Gasteiger charge is -2.29. The van der Waals surface area contributed by atoms with Crippen LogP contribution in [0.4, 0.5) is 0 Å². The summed E-state index contributed by atoms with van der Waals surface area (Å²) in [7, 11) is 1.42. The van der Waals surface area contributed by atoms with Gasteiger partial charge in [0.1, 0.15) is 36.8 Å². The molecule has 0 aromatic heterocycles. The van der Waals surface area contributed by atoms with Gasteiger partial charge in [0, 0.05) is 50.2 Å². The maximum atomic E-state index is 14.1. The van der Waals surface area contributed by atoms with Crippen LogP contribution in [0.25, 0.3) is 22.3 Å². The average Bonchev–Trinajstić information content (AvgIpc) is 3.25. The molecule has 4 bridgehead atoms. The number of nitrogens with two attached hydrogens (primary N) is 2. The standard InChI is InChI=1S/C45H53N7O8/c1-4-5-6-29-7-10-31(11-8-29)32-12-14-33(15-13-32)43(56)49-27-41(55)52(3)42-34-16-18-39(60-22-20-47)36(25-34)35-23-30(9-17-38(35)59-21-19-46)24-37(44(57)50-28(2)53)51-40(54)26-48-45(42)58/h7-18,23,25,37,42H,4-6,19-22,24,26-27,46-47H2,1-3H3,(H,48,58)(H,49,56)(H,51,54)(H,50,53,57). The molecule has 0 aliphatic carbocycles. The van der Waals surface area contributed by atoms with Gasteiger partial charge in [-0.2, -0.15) is 0 Å². The first-order valence-electron chi connectivity index (χ1n) is 20.0. The first-order chi connectivity index (χ1) is 28.9. The molecule has 2 atom stereocenters. The van der Waals surface area contributed by atoms with Crippen LogP contribution in [-0.2, 0) is 36.8 Å². The van der Waals surface area contributed by atoms with Crippen molar-refractivity contribution in [2.45, 2.75) is 51.6 Å². The summed E-state index contributed by atoms with van der Waals surface area (Å²) >= 11 is 0. The van der Waals surface area contributed by atoms with Crippen molar-refractivity contribution >= 4 is 35.4 Å². The van der Waals surface area contributed by atoms with Crippen LogP contribution >= 0.6 is 0 Å². The Morgan fingerprint density at radius 2 is 1.45 bits per heavy atom. The lowest BCUT2D eigenvalue weighted by molar-refractivity contribution is -0.139. The molecule has 6 amide bonds. The van der Waals surface area contributed by atoms with Gasteiger partial charge < -0.3 is 41.8 Å². The number of unbranched alkanes of at least 4 members (excludes halogenated alkanes) is 1. The molecule has 0 saturated carbocycles. The van der Waals surface area contributed by atoms with E-state index in [9.17, 15) is 28.8 Å². The molecular weight excluding hydrogens is 767 g/mol. The number of carbonyl (C=O) groups excluding carboxylic acids is 6. The number of imide groups is 1. The van der Waals surface area contributed by atoms with Crippen LogP contribution in [0.5, 0.6) is 11.5 Å². The lowest BCUT2D eigenvalue weighted by atomic mass is 9.93. The van der Waals surface area contributed by atoms with Crippen LogP contribution in [-0.4, -0.2) is 92.8 Å². The van der Waals surface area contributed by atoms with Gasteiger partial charge >= 0.3 is 0 Å². The molecule has 1 heterocycles. The molecule has 15 heteroatoms. The summed E-state index contributed by atoms with van der Waals surface area (Å²) in [6, 6.07) is 23.0. The minimum Gasteiger partial charge on any atom is -0.492 e. The fourth-order valence-electron chi connectivity index (χ4n) is 6.78. The van der Waals surface area contributed by atoms with E-state index in [1.165, 1.54) is 24.4 Å². The van der Waals surface area contributed by atoms with Crippen molar-refractivity contribution in [3.05, 3.63) is 107 Å². The number of ether oxygens (including phenoxy) is 2. The second-order valence-electron chi connectivity index (χ2n) is 14.4. The summed E-state index contributed by atoms with van der Waals surface area (Å²) in [5.74, 6) is -3.10. The van der Waals surface area contributed by atoms with Gasteiger partial charge in [-0.05, 0) is 77.1 Å². The van der Waals surface area contributed by atoms with Crippen LogP contribution in [0.1, 0.15) is 59.8 Å². The quantitative estimate of drug-likeness (QED) is 0.103. The van der Waals surface area contributed by atoms with Gasteiger partial charge in [0.05, 0.1) is 13.1 Å². The summed E-state index contributed by atoms with van der Waals surface area (Å²) in [4.78, 5) is 80.5. The third kappa shape index (κ3) is 11.8. The van der Waals surface area contributed by atoms with Gasteiger partial charge in [0.2, 0.25) is 29.5 Å². The molecule has 0 fully saturated rings. The van der Waals surface area contributed by atoms with Crippen molar-refractivity contribution in [2.75, 3.05) is 46.4 Å². The second kappa shape index (κ2) is 21.4. The third-order valence-corrected chi connectivity index (χ3v) is 9.90. The zero-order chi connectivity index (χ0) is 43.2. The number of rotatable bonds is 15. The SMILES string of the molecule is CCCCc1ccc(-c2ccc(C(=O)NCC(=O)N(C)C3C(=O)NCC(=O)NC(C(=O)NC(C)=O)Cc4ccc(OCCN)c(c4)-c4cc3ccc4OCCN)cc2)cc1. The van der Waals surface area contributed by atoms with Crippen molar-refractivity contribution in [3.63, 3.8) is 0 Å². The first kappa shape index (κ1) is 44.5. The van der Waals surface area contributed by atoms with Gasteiger partial charge in [-0.15, -0.1) is 0 Å². The lowest BCUT2D eigenvalue weighted by Crippen LogP contribution is -2.52. The van der Waals surface area contributed by atoms with Gasteiger partial charge in [0.15, 0.2) is 0 Å². The van der Waals surface area contributed by atoms with E-state index in [-0.39, 0.29) is 32.7 Å². The highest BCUT2D eigenvalue weighted by atomic mass is 16.5. The molecule has 0 saturated heterocycles. The Balaban J connectivity index is 1.44. The third-order valence-electron chi connectivity index (χ3n) is 9.90. The Morgan fingerprint density at radius 1 is 0.833 bits per heavy atom. The topological polar surface area (TPSA) is 224 Å². The zero-order valence-electron chi connectivity index (χ0n) is 34.2. The van der Waals surface area contributed by atoms with Crippen LogP contribution in [0.15, 0.2) is 84.9 Å². The number of nitrogens with zero attached hydrogens (tertiary/aromatic N) is 1. The monoisotopic (exact) mass is 819 g/mol. The number of likely N-dealkylation sites (N-methyl/N-ethyl adjacent to an activating group) is 1. The van der Waals surface area contributed by atoms with E-state index in [2.05, 4.69) is 52.5 Å². The van der Waals surface area contributed by atoms with Crippen molar-refractivity contribution in [1.29, 1.82) is 0 Å². The first-order valence-corrected chi connectivity index (χ1v) is 20.0. The molecule has 5 rings (SSSR count). The number of benzene rings is 4. The fourth-order valence-corrected chi connectivity index (χ4v) is 6.78. The molecule has 15 nitrogen and oxygen atoms in total. The fraction of sp³-hybridized carbons (Fsp3) is 0.333. The average molecular weight is 820 g/mol. The van der Waals surface area contributed by atoms with E-state index in [4.69, 9.17) is 20.9 Å². The van der Waals surface area contributed by atoms with E-state index >= 15 is 0 Å². The Hall–Kier alpha value is -6.58. The van der Waals surface area contributed by atoms with Crippen LogP contribution in [0, 0.1) is 0 Å². The van der Waals surface area contributed by atoms with E-state index in [1.54, 1.807) is 48.5 Å². The number of hydrogen-bond donors (Lipinski definition) is 6. The summed E-state index contributed by atoms with van der Waals surface area (Å²) < 4.78 is 12.1. The minimum absolute atomic E-state index is 0.0235. The van der Waals surface area contributed by atoms with Crippen LogP contribution in [0.2, 0.25) is 0 Å². The van der Waals surface area contributed by atoms with Crippen molar-refractivity contribution < 1.29 is 38.2 Å².